The first-order valence-electron chi connectivity index (χ1n) is 5.32. The molecule has 0 heterocycles. The van der Waals surface area contributed by atoms with Crippen LogP contribution in [0, 0.1) is 11.3 Å². The Bertz CT molecular complexity index is 492. The largest absolute Gasteiger partial charge is 0.383 e. The van der Waals surface area contributed by atoms with Gasteiger partial charge < -0.3 is 10.1 Å². The number of rotatable bonds is 5. The fraction of sp³-hybridized carbons (Fsp3) is 0.231. The van der Waals surface area contributed by atoms with E-state index in [1.54, 1.807) is 31.4 Å². The quantitative estimate of drug-likeness (QED) is 0.503. The van der Waals surface area contributed by atoms with Gasteiger partial charge in [0.15, 0.2) is 0 Å². The number of hydrogen-bond acceptors (Lipinski definition) is 3. The van der Waals surface area contributed by atoms with Gasteiger partial charge in [-0.2, -0.15) is 5.26 Å². The lowest BCUT2D eigenvalue weighted by Crippen LogP contribution is -2.27. The number of halogens is 1. The monoisotopic (exact) mass is 264 g/mol. The Kier molecular flexibility index (Phi) is 5.92. The third-order valence-corrected chi connectivity index (χ3v) is 2.35. The first kappa shape index (κ1) is 14.2. The summed E-state index contributed by atoms with van der Waals surface area (Å²) >= 11 is 5.82. The Morgan fingerprint density at radius 1 is 1.61 bits per heavy atom. The molecule has 1 aromatic rings. The molecule has 0 fully saturated rings. The molecule has 0 atom stereocenters. The normalized spacial score (nSPS) is 10.8. The SMILES string of the molecule is COCCNC(=O)/C(C#N)=C\c1cccc(Cl)c1. The van der Waals surface area contributed by atoms with Gasteiger partial charge in [-0.3, -0.25) is 4.79 Å². The van der Waals surface area contributed by atoms with Gasteiger partial charge in [-0.1, -0.05) is 23.7 Å². The van der Waals surface area contributed by atoms with Gasteiger partial charge in [0.2, 0.25) is 0 Å². The highest BCUT2D eigenvalue weighted by Gasteiger charge is 2.07. The molecule has 1 amide bonds. The van der Waals surface area contributed by atoms with Crippen LogP contribution in [0.4, 0.5) is 0 Å². The molecule has 0 saturated carbocycles. The van der Waals surface area contributed by atoms with E-state index in [1.807, 2.05) is 6.07 Å². The highest BCUT2D eigenvalue weighted by Crippen LogP contribution is 2.13. The Labute approximate surface area is 111 Å². The van der Waals surface area contributed by atoms with Crippen LogP contribution in [0.15, 0.2) is 29.8 Å². The molecule has 1 aromatic carbocycles. The summed E-state index contributed by atoms with van der Waals surface area (Å²) in [6.45, 7) is 0.769. The summed E-state index contributed by atoms with van der Waals surface area (Å²) in [5.74, 6) is -0.422. The molecule has 0 spiro atoms. The van der Waals surface area contributed by atoms with Gasteiger partial charge in [0.05, 0.1) is 6.61 Å². The van der Waals surface area contributed by atoms with Crippen molar-refractivity contribution >= 4 is 23.6 Å². The summed E-state index contributed by atoms with van der Waals surface area (Å²) in [5, 5.41) is 12.1. The van der Waals surface area contributed by atoms with Crippen molar-refractivity contribution in [3.05, 3.63) is 40.4 Å². The highest BCUT2D eigenvalue weighted by atomic mass is 35.5. The number of nitrogens with zero attached hydrogens (tertiary/aromatic N) is 1. The van der Waals surface area contributed by atoms with Crippen molar-refractivity contribution in [3.8, 4) is 6.07 Å². The van der Waals surface area contributed by atoms with Crippen LogP contribution in [0.2, 0.25) is 5.02 Å². The molecular formula is C13H13ClN2O2. The third kappa shape index (κ3) is 4.58. The van der Waals surface area contributed by atoms with Crippen molar-refractivity contribution in [2.24, 2.45) is 0 Å². The van der Waals surface area contributed by atoms with Crippen molar-refractivity contribution in [2.75, 3.05) is 20.3 Å². The zero-order chi connectivity index (χ0) is 13.4. The van der Waals surface area contributed by atoms with E-state index in [2.05, 4.69) is 5.32 Å². The summed E-state index contributed by atoms with van der Waals surface area (Å²) in [6, 6.07) is 8.79. The maximum atomic E-state index is 11.6. The molecule has 0 aliphatic carbocycles. The van der Waals surface area contributed by atoms with Crippen LogP contribution >= 0.6 is 11.6 Å². The molecule has 0 aliphatic rings. The highest BCUT2D eigenvalue weighted by molar-refractivity contribution is 6.30. The maximum absolute atomic E-state index is 11.6. The first-order chi connectivity index (χ1) is 8.67. The van der Waals surface area contributed by atoms with Crippen molar-refractivity contribution in [3.63, 3.8) is 0 Å². The van der Waals surface area contributed by atoms with Crippen LogP contribution in [0.25, 0.3) is 6.08 Å². The summed E-state index contributed by atoms with van der Waals surface area (Å²) < 4.78 is 4.81. The summed E-state index contributed by atoms with van der Waals surface area (Å²) in [4.78, 5) is 11.6. The standard InChI is InChI=1S/C13H13ClN2O2/c1-18-6-5-16-13(17)11(9-15)7-10-3-2-4-12(14)8-10/h2-4,7-8H,5-6H2,1H3,(H,16,17)/b11-7-. The lowest BCUT2D eigenvalue weighted by atomic mass is 10.1. The van der Waals surface area contributed by atoms with Crippen molar-refractivity contribution in [1.82, 2.24) is 5.32 Å². The lowest BCUT2D eigenvalue weighted by molar-refractivity contribution is -0.117. The number of methoxy groups -OCH3 is 1. The molecule has 0 radical (unpaired) electrons. The van der Waals surface area contributed by atoms with E-state index in [1.165, 1.54) is 6.08 Å². The molecule has 4 nitrogen and oxygen atoms in total. The van der Waals surface area contributed by atoms with E-state index >= 15 is 0 Å². The minimum atomic E-state index is -0.422. The predicted molar refractivity (Wildman–Crippen MR) is 69.9 cm³/mol. The summed E-state index contributed by atoms with van der Waals surface area (Å²) in [7, 11) is 1.54. The predicted octanol–water partition coefficient (Wildman–Crippen LogP) is 2.01. The molecule has 0 unspecified atom stereocenters. The number of hydrogen-bond donors (Lipinski definition) is 1. The summed E-state index contributed by atoms with van der Waals surface area (Å²) in [5.41, 5.74) is 0.745. The van der Waals surface area contributed by atoms with Crippen LogP contribution in [-0.2, 0) is 9.53 Å². The van der Waals surface area contributed by atoms with Crippen LogP contribution in [-0.4, -0.2) is 26.2 Å². The molecule has 0 aliphatic heterocycles. The fourth-order valence-electron chi connectivity index (χ4n) is 1.27. The number of ether oxygens (including phenoxy) is 1. The van der Waals surface area contributed by atoms with E-state index in [9.17, 15) is 4.79 Å². The number of amides is 1. The molecule has 0 aromatic heterocycles. The van der Waals surface area contributed by atoms with E-state index in [4.69, 9.17) is 21.6 Å². The smallest absolute Gasteiger partial charge is 0.262 e. The lowest BCUT2D eigenvalue weighted by Gasteiger charge is -2.03. The van der Waals surface area contributed by atoms with Crippen molar-refractivity contribution < 1.29 is 9.53 Å². The molecule has 0 saturated heterocycles. The van der Waals surface area contributed by atoms with Gasteiger partial charge >= 0.3 is 0 Å². The number of benzene rings is 1. The first-order valence-corrected chi connectivity index (χ1v) is 5.69. The number of carbonyl (C=O) groups excluding carboxylic acids is 1. The van der Waals surface area contributed by atoms with Crippen LogP contribution in [0.1, 0.15) is 5.56 Å². The van der Waals surface area contributed by atoms with Gasteiger partial charge in [0.25, 0.3) is 5.91 Å². The van der Waals surface area contributed by atoms with E-state index in [0.717, 1.165) is 0 Å². The van der Waals surface area contributed by atoms with Gasteiger partial charge in [-0.15, -0.1) is 0 Å². The van der Waals surface area contributed by atoms with Gasteiger partial charge in [-0.05, 0) is 23.8 Å². The topological polar surface area (TPSA) is 62.1 Å². The summed E-state index contributed by atoms with van der Waals surface area (Å²) in [6.07, 6.45) is 1.49. The van der Waals surface area contributed by atoms with Gasteiger partial charge in [-0.25, -0.2) is 0 Å². The van der Waals surface area contributed by atoms with Crippen molar-refractivity contribution in [2.45, 2.75) is 0 Å². The second-order valence-electron chi connectivity index (χ2n) is 3.47. The molecule has 0 bridgehead atoms. The Morgan fingerprint density at radius 3 is 3.00 bits per heavy atom. The fourth-order valence-corrected chi connectivity index (χ4v) is 1.47. The Balaban J connectivity index is 2.77. The number of carbonyl (C=O) groups is 1. The molecule has 1 rings (SSSR count). The molecule has 5 heteroatoms. The third-order valence-electron chi connectivity index (χ3n) is 2.12. The van der Waals surface area contributed by atoms with E-state index in [0.29, 0.717) is 23.7 Å². The number of nitrogens with one attached hydrogen (secondary N) is 1. The Morgan fingerprint density at radius 2 is 2.39 bits per heavy atom. The van der Waals surface area contributed by atoms with Crippen molar-refractivity contribution in [1.29, 1.82) is 5.26 Å². The minimum absolute atomic E-state index is 0.0355. The Hall–Kier alpha value is -1.83. The van der Waals surface area contributed by atoms with E-state index < -0.39 is 5.91 Å². The average Bonchev–Trinajstić information content (AvgIpc) is 2.36. The number of nitriles is 1. The minimum Gasteiger partial charge on any atom is -0.383 e. The van der Waals surface area contributed by atoms with Gasteiger partial charge in [0.1, 0.15) is 11.6 Å². The molecule has 18 heavy (non-hydrogen) atoms. The second-order valence-corrected chi connectivity index (χ2v) is 3.91. The second kappa shape index (κ2) is 7.49. The van der Waals surface area contributed by atoms with Crippen LogP contribution in [0.3, 0.4) is 0 Å². The van der Waals surface area contributed by atoms with E-state index in [-0.39, 0.29) is 5.57 Å². The molecular weight excluding hydrogens is 252 g/mol. The average molecular weight is 265 g/mol. The van der Waals surface area contributed by atoms with Crippen LogP contribution < -0.4 is 5.32 Å². The zero-order valence-corrected chi connectivity index (χ0v) is 10.7. The van der Waals surface area contributed by atoms with Crippen LogP contribution in [0.5, 0.6) is 0 Å². The zero-order valence-electron chi connectivity index (χ0n) is 9.94. The van der Waals surface area contributed by atoms with Gasteiger partial charge in [0, 0.05) is 18.7 Å². The maximum Gasteiger partial charge on any atom is 0.262 e. The molecule has 94 valence electrons. The molecule has 1 N–H and O–H groups in total.